The number of pyridine rings is 1. The largest absolute Gasteiger partial charge is 0.481 e. The van der Waals surface area contributed by atoms with Gasteiger partial charge in [-0.2, -0.15) is 0 Å². The number of aliphatic carboxylic acids is 1. The first-order valence-corrected chi connectivity index (χ1v) is 5.27. The number of carbonyl (C=O) groups is 2. The van der Waals surface area contributed by atoms with Gasteiger partial charge in [0.05, 0.1) is 12.0 Å². The Bertz CT molecular complexity index is 403. The molecule has 0 aliphatic carbocycles. The molecular weight excluding hydrogens is 222 g/mol. The van der Waals surface area contributed by atoms with Crippen molar-refractivity contribution in [3.05, 3.63) is 23.9 Å². The zero-order valence-electron chi connectivity index (χ0n) is 9.59. The normalized spacial score (nSPS) is 9.94. The van der Waals surface area contributed by atoms with Gasteiger partial charge in [0.15, 0.2) is 0 Å². The van der Waals surface area contributed by atoms with E-state index in [0.717, 1.165) is 0 Å². The molecule has 1 heterocycles. The number of nitrogens with zero attached hydrogens (tertiary/aromatic N) is 2. The second-order valence-electron chi connectivity index (χ2n) is 3.49. The van der Waals surface area contributed by atoms with Crippen molar-refractivity contribution in [3.63, 3.8) is 0 Å². The van der Waals surface area contributed by atoms with Gasteiger partial charge in [-0.15, -0.1) is 0 Å². The molecule has 17 heavy (non-hydrogen) atoms. The van der Waals surface area contributed by atoms with Crippen molar-refractivity contribution >= 4 is 17.7 Å². The van der Waals surface area contributed by atoms with Gasteiger partial charge in [0, 0.05) is 19.3 Å². The Kier molecular flexibility index (Phi) is 4.45. The number of hydrogen-bond donors (Lipinski definition) is 2. The number of rotatable bonds is 6. The van der Waals surface area contributed by atoms with Crippen LogP contribution in [0.3, 0.4) is 0 Å². The van der Waals surface area contributed by atoms with Crippen LogP contribution >= 0.6 is 0 Å². The number of carboxylic acids is 1. The van der Waals surface area contributed by atoms with Crippen molar-refractivity contribution in [2.75, 3.05) is 18.0 Å². The molecular formula is C11H15N3O3. The van der Waals surface area contributed by atoms with Crippen molar-refractivity contribution in [1.82, 2.24) is 4.98 Å². The molecule has 0 unspecified atom stereocenters. The number of carboxylic acid groups (broad SMARTS) is 1. The highest BCUT2D eigenvalue weighted by molar-refractivity contribution is 5.92. The lowest BCUT2D eigenvalue weighted by molar-refractivity contribution is -0.136. The predicted molar refractivity (Wildman–Crippen MR) is 62.9 cm³/mol. The molecule has 0 radical (unpaired) electrons. The first-order chi connectivity index (χ1) is 8.04. The zero-order valence-corrected chi connectivity index (χ0v) is 9.59. The van der Waals surface area contributed by atoms with Crippen LogP contribution in [0.2, 0.25) is 0 Å². The van der Waals surface area contributed by atoms with E-state index < -0.39 is 11.9 Å². The Morgan fingerprint density at radius 1 is 1.47 bits per heavy atom. The summed E-state index contributed by atoms with van der Waals surface area (Å²) in [5.74, 6) is -0.742. The highest BCUT2D eigenvalue weighted by atomic mass is 16.4. The van der Waals surface area contributed by atoms with E-state index in [-0.39, 0.29) is 6.42 Å². The summed E-state index contributed by atoms with van der Waals surface area (Å²) in [6.45, 7) is 2.94. The highest BCUT2D eigenvalue weighted by Crippen LogP contribution is 2.11. The van der Waals surface area contributed by atoms with E-state index in [1.54, 1.807) is 12.1 Å². The summed E-state index contributed by atoms with van der Waals surface area (Å²) < 4.78 is 0. The molecule has 0 bridgehead atoms. The molecule has 0 fully saturated rings. The lowest BCUT2D eigenvalue weighted by atomic mass is 10.2. The van der Waals surface area contributed by atoms with Gasteiger partial charge in [0.25, 0.3) is 0 Å². The van der Waals surface area contributed by atoms with Crippen LogP contribution < -0.4 is 10.6 Å². The Hall–Kier alpha value is -2.11. The second-order valence-corrected chi connectivity index (χ2v) is 3.49. The van der Waals surface area contributed by atoms with E-state index in [1.807, 2.05) is 11.8 Å². The molecule has 0 aromatic carbocycles. The smallest absolute Gasteiger partial charge is 0.305 e. The fraction of sp³-hybridized carbons (Fsp3) is 0.364. The molecule has 0 saturated carbocycles. The van der Waals surface area contributed by atoms with Crippen molar-refractivity contribution in [2.45, 2.75) is 13.3 Å². The number of amides is 1. The SMILES string of the molecule is CCN(CCC(=O)O)c1ccc(C(N)=O)cn1. The molecule has 0 saturated heterocycles. The van der Waals surface area contributed by atoms with Crippen LogP contribution in [0.25, 0.3) is 0 Å². The molecule has 0 aliphatic rings. The molecule has 1 rings (SSSR count). The fourth-order valence-corrected chi connectivity index (χ4v) is 1.38. The van der Waals surface area contributed by atoms with Crippen LogP contribution in [-0.4, -0.2) is 35.1 Å². The maximum atomic E-state index is 10.9. The van der Waals surface area contributed by atoms with Crippen molar-refractivity contribution < 1.29 is 14.7 Å². The van der Waals surface area contributed by atoms with E-state index in [0.29, 0.717) is 24.5 Å². The first kappa shape index (κ1) is 13.0. The monoisotopic (exact) mass is 237 g/mol. The summed E-state index contributed by atoms with van der Waals surface area (Å²) >= 11 is 0. The predicted octanol–water partition coefficient (Wildman–Crippen LogP) is 0.481. The average molecular weight is 237 g/mol. The molecule has 1 amide bonds. The number of hydrogen-bond acceptors (Lipinski definition) is 4. The third-order valence-electron chi connectivity index (χ3n) is 2.33. The van der Waals surface area contributed by atoms with Gasteiger partial charge in [-0.25, -0.2) is 4.98 Å². The first-order valence-electron chi connectivity index (χ1n) is 5.27. The van der Waals surface area contributed by atoms with E-state index in [1.165, 1.54) is 6.20 Å². The summed E-state index contributed by atoms with van der Waals surface area (Å²) in [5, 5.41) is 8.61. The number of anilines is 1. The van der Waals surface area contributed by atoms with Crippen molar-refractivity contribution in [3.8, 4) is 0 Å². The van der Waals surface area contributed by atoms with Gasteiger partial charge < -0.3 is 15.7 Å². The van der Waals surface area contributed by atoms with E-state index in [9.17, 15) is 9.59 Å². The van der Waals surface area contributed by atoms with Crippen LogP contribution in [-0.2, 0) is 4.79 Å². The minimum atomic E-state index is -0.850. The van der Waals surface area contributed by atoms with Crippen LogP contribution in [0.1, 0.15) is 23.7 Å². The Labute approximate surface area is 99.1 Å². The number of nitrogens with two attached hydrogens (primary N) is 1. The lowest BCUT2D eigenvalue weighted by Crippen LogP contribution is -2.26. The standard InChI is InChI=1S/C11H15N3O3/c1-2-14(6-5-10(15)16)9-4-3-8(7-13-9)11(12)17/h3-4,7H,2,5-6H2,1H3,(H2,12,17)(H,15,16). The molecule has 1 aromatic rings. The summed E-state index contributed by atoms with van der Waals surface area (Å²) in [6.07, 6.45) is 1.44. The summed E-state index contributed by atoms with van der Waals surface area (Å²) in [7, 11) is 0. The summed E-state index contributed by atoms with van der Waals surface area (Å²) in [5.41, 5.74) is 5.44. The maximum absolute atomic E-state index is 10.9. The Balaban J connectivity index is 2.75. The van der Waals surface area contributed by atoms with Crippen LogP contribution in [0.5, 0.6) is 0 Å². The van der Waals surface area contributed by atoms with Gasteiger partial charge >= 0.3 is 5.97 Å². The Morgan fingerprint density at radius 3 is 2.59 bits per heavy atom. The molecule has 92 valence electrons. The molecule has 0 aliphatic heterocycles. The van der Waals surface area contributed by atoms with Gasteiger partial charge in [-0.05, 0) is 19.1 Å². The van der Waals surface area contributed by atoms with Gasteiger partial charge in [-0.3, -0.25) is 9.59 Å². The molecule has 0 spiro atoms. The van der Waals surface area contributed by atoms with Crippen LogP contribution in [0.4, 0.5) is 5.82 Å². The van der Waals surface area contributed by atoms with Gasteiger partial charge in [-0.1, -0.05) is 0 Å². The number of carbonyl (C=O) groups excluding carboxylic acids is 1. The maximum Gasteiger partial charge on any atom is 0.305 e. The molecule has 6 heteroatoms. The van der Waals surface area contributed by atoms with E-state index in [4.69, 9.17) is 10.8 Å². The summed E-state index contributed by atoms with van der Waals surface area (Å²) in [4.78, 5) is 27.2. The average Bonchev–Trinajstić information content (AvgIpc) is 2.30. The molecule has 1 aromatic heterocycles. The lowest BCUT2D eigenvalue weighted by Gasteiger charge is -2.20. The minimum absolute atomic E-state index is 0.0487. The molecule has 0 atom stereocenters. The zero-order chi connectivity index (χ0) is 12.8. The van der Waals surface area contributed by atoms with Crippen LogP contribution in [0, 0.1) is 0 Å². The highest BCUT2D eigenvalue weighted by Gasteiger charge is 2.08. The molecule has 3 N–H and O–H groups in total. The van der Waals surface area contributed by atoms with E-state index in [2.05, 4.69) is 4.98 Å². The third-order valence-corrected chi connectivity index (χ3v) is 2.33. The minimum Gasteiger partial charge on any atom is -0.481 e. The van der Waals surface area contributed by atoms with Crippen molar-refractivity contribution in [2.24, 2.45) is 5.73 Å². The molecule has 6 nitrogen and oxygen atoms in total. The van der Waals surface area contributed by atoms with Crippen molar-refractivity contribution in [1.29, 1.82) is 0 Å². The quantitative estimate of drug-likeness (QED) is 0.750. The Morgan fingerprint density at radius 2 is 2.18 bits per heavy atom. The van der Waals surface area contributed by atoms with Crippen LogP contribution in [0.15, 0.2) is 18.3 Å². The fourth-order valence-electron chi connectivity index (χ4n) is 1.38. The van der Waals surface area contributed by atoms with Gasteiger partial charge in [0.1, 0.15) is 5.82 Å². The number of primary amides is 1. The third kappa shape index (κ3) is 3.75. The summed E-state index contributed by atoms with van der Waals surface area (Å²) in [6, 6.07) is 3.24. The van der Waals surface area contributed by atoms with E-state index >= 15 is 0 Å². The number of aromatic nitrogens is 1. The topological polar surface area (TPSA) is 96.5 Å². The second kappa shape index (κ2) is 5.83. The van der Waals surface area contributed by atoms with Gasteiger partial charge in [0.2, 0.25) is 5.91 Å².